The van der Waals surface area contributed by atoms with E-state index in [0.29, 0.717) is 0 Å². The van der Waals surface area contributed by atoms with Crippen molar-refractivity contribution in [1.29, 1.82) is 0 Å². The zero-order valence-electron chi connectivity index (χ0n) is 10.5. The minimum atomic E-state index is -0.849. The molecule has 1 heterocycles. The van der Waals surface area contributed by atoms with Gasteiger partial charge >= 0.3 is 5.97 Å². The van der Waals surface area contributed by atoms with Crippen molar-refractivity contribution in [3.8, 4) is 22.3 Å². The lowest BCUT2D eigenvalue weighted by Crippen LogP contribution is -2.00. The van der Waals surface area contributed by atoms with Gasteiger partial charge in [0.1, 0.15) is 0 Å². The van der Waals surface area contributed by atoms with Crippen LogP contribution in [0.4, 0.5) is 0 Å². The number of carboxylic acid groups (broad SMARTS) is 1. The molecule has 0 spiro atoms. The third-order valence-electron chi connectivity index (χ3n) is 3.26. The lowest BCUT2D eigenvalue weighted by atomic mass is 10.0. The smallest absolute Gasteiger partial charge is 0.307 e. The van der Waals surface area contributed by atoms with E-state index in [2.05, 4.69) is 15.9 Å². The van der Waals surface area contributed by atoms with Crippen LogP contribution in [0.5, 0.6) is 0 Å². The molecule has 0 atom stereocenters. The summed E-state index contributed by atoms with van der Waals surface area (Å²) in [6.45, 7) is 0. The van der Waals surface area contributed by atoms with Crippen LogP contribution in [0.3, 0.4) is 0 Å². The normalized spacial score (nSPS) is 10.8. The zero-order valence-corrected chi connectivity index (χ0v) is 12.1. The average molecular weight is 331 g/mol. The highest BCUT2D eigenvalue weighted by Gasteiger charge is 2.24. The molecule has 0 radical (unpaired) electrons. The van der Waals surface area contributed by atoms with E-state index >= 15 is 0 Å². The summed E-state index contributed by atoms with van der Waals surface area (Å²) < 4.78 is 6.08. The van der Waals surface area contributed by atoms with Gasteiger partial charge in [0.15, 0.2) is 0 Å². The summed E-state index contributed by atoms with van der Waals surface area (Å²) in [5.74, 6) is -0.849. The van der Waals surface area contributed by atoms with Crippen molar-refractivity contribution in [2.45, 2.75) is 6.42 Å². The fraction of sp³-hybridized carbons (Fsp3) is 0.0625. The molecule has 0 saturated carbocycles. The Hall–Kier alpha value is -2.07. The van der Waals surface area contributed by atoms with Crippen LogP contribution >= 0.6 is 15.9 Å². The fourth-order valence-corrected chi connectivity index (χ4v) is 3.22. The van der Waals surface area contributed by atoms with Crippen molar-refractivity contribution < 1.29 is 14.3 Å². The molecule has 0 bridgehead atoms. The molecule has 2 aliphatic rings. The van der Waals surface area contributed by atoms with E-state index in [9.17, 15) is 4.79 Å². The summed E-state index contributed by atoms with van der Waals surface area (Å²) in [7, 11) is 0. The fourth-order valence-electron chi connectivity index (χ4n) is 2.42. The lowest BCUT2D eigenvalue weighted by molar-refractivity contribution is -0.136. The molecule has 1 aliphatic heterocycles. The minimum Gasteiger partial charge on any atom is -0.481 e. The van der Waals surface area contributed by atoms with Crippen LogP contribution < -0.4 is 0 Å². The Labute approximate surface area is 124 Å². The molecule has 1 aromatic rings. The number of hydrogen-bond acceptors (Lipinski definition) is 2. The number of carbonyl (C=O) groups is 1. The number of rotatable bonds is 3. The van der Waals surface area contributed by atoms with Gasteiger partial charge < -0.3 is 9.52 Å². The standard InChI is InChI=1S/C16H11BrO3/c17-16-12(8-14(18)19)11-6-7-20-9-13(11)15(16)10-4-2-1-3-5-10/h1-7,9H,8H2,(H,18,19). The van der Waals surface area contributed by atoms with Gasteiger partial charge in [-0.3, -0.25) is 4.79 Å². The quantitative estimate of drug-likeness (QED) is 0.772. The Bertz CT molecular complexity index is 731. The van der Waals surface area contributed by atoms with E-state index < -0.39 is 5.97 Å². The maximum absolute atomic E-state index is 11.1. The maximum atomic E-state index is 11.1. The first kappa shape index (κ1) is 12.9. The van der Waals surface area contributed by atoms with Crippen LogP contribution in [-0.4, -0.2) is 11.1 Å². The Kier molecular flexibility index (Phi) is 3.32. The van der Waals surface area contributed by atoms with Crippen LogP contribution in [0.2, 0.25) is 0 Å². The molecule has 4 heteroatoms. The van der Waals surface area contributed by atoms with Crippen molar-refractivity contribution in [2.75, 3.05) is 0 Å². The topological polar surface area (TPSA) is 50.4 Å². The first-order valence-corrected chi connectivity index (χ1v) is 6.91. The second-order valence-corrected chi connectivity index (χ2v) is 5.28. The van der Waals surface area contributed by atoms with Crippen LogP contribution in [0, 0.1) is 0 Å². The van der Waals surface area contributed by atoms with Crippen LogP contribution in [-0.2, 0) is 11.2 Å². The van der Waals surface area contributed by atoms with Gasteiger partial charge in [0.05, 0.1) is 18.9 Å². The van der Waals surface area contributed by atoms with E-state index in [1.54, 1.807) is 12.5 Å². The summed E-state index contributed by atoms with van der Waals surface area (Å²) in [6.07, 6.45) is 3.20. The van der Waals surface area contributed by atoms with E-state index in [1.165, 1.54) is 0 Å². The molecular formula is C16H11BrO3. The highest BCUT2D eigenvalue weighted by molar-refractivity contribution is 9.10. The van der Waals surface area contributed by atoms with E-state index in [0.717, 1.165) is 32.3 Å². The number of benzene rings is 1. The Morgan fingerprint density at radius 1 is 1.15 bits per heavy atom. The molecule has 20 heavy (non-hydrogen) atoms. The Morgan fingerprint density at radius 2 is 1.90 bits per heavy atom. The van der Waals surface area contributed by atoms with Crippen molar-refractivity contribution in [2.24, 2.45) is 0 Å². The highest BCUT2D eigenvalue weighted by atomic mass is 79.9. The van der Waals surface area contributed by atoms with E-state index in [-0.39, 0.29) is 6.42 Å². The molecule has 0 fully saturated rings. The molecule has 3 nitrogen and oxygen atoms in total. The first-order chi connectivity index (χ1) is 9.68. The molecule has 0 amide bonds. The van der Waals surface area contributed by atoms with Gasteiger partial charge in [-0.2, -0.15) is 0 Å². The summed E-state index contributed by atoms with van der Waals surface area (Å²) in [5.41, 5.74) is 4.61. The monoisotopic (exact) mass is 330 g/mol. The predicted molar refractivity (Wildman–Crippen MR) is 79.8 cm³/mol. The van der Waals surface area contributed by atoms with Gasteiger partial charge in [0.25, 0.3) is 0 Å². The second kappa shape index (κ2) is 5.13. The Balaban J connectivity index is 2.28. The van der Waals surface area contributed by atoms with Gasteiger partial charge in [-0.25, -0.2) is 0 Å². The first-order valence-electron chi connectivity index (χ1n) is 6.12. The summed E-state index contributed by atoms with van der Waals surface area (Å²) in [4.78, 5) is 11.1. The molecule has 3 rings (SSSR count). The highest BCUT2D eigenvalue weighted by Crippen LogP contribution is 2.46. The van der Waals surface area contributed by atoms with Gasteiger partial charge in [-0.05, 0) is 38.7 Å². The van der Waals surface area contributed by atoms with Gasteiger partial charge in [-0.15, -0.1) is 0 Å². The molecule has 1 N–H and O–H groups in total. The number of aliphatic carboxylic acids is 1. The Morgan fingerprint density at radius 3 is 2.60 bits per heavy atom. The molecule has 0 saturated heterocycles. The van der Waals surface area contributed by atoms with E-state index in [4.69, 9.17) is 9.52 Å². The lowest BCUT2D eigenvalue weighted by Gasteiger charge is -2.03. The minimum absolute atomic E-state index is 0.0199. The number of halogens is 1. The predicted octanol–water partition coefficient (Wildman–Crippen LogP) is 4.44. The van der Waals surface area contributed by atoms with Gasteiger partial charge in [0.2, 0.25) is 0 Å². The van der Waals surface area contributed by atoms with Crippen molar-refractivity contribution in [3.63, 3.8) is 0 Å². The number of carboxylic acids is 1. The third kappa shape index (κ3) is 2.12. The second-order valence-electron chi connectivity index (χ2n) is 4.49. The average Bonchev–Trinajstić information content (AvgIpc) is 2.72. The van der Waals surface area contributed by atoms with Crippen LogP contribution in [0.1, 0.15) is 5.56 Å². The van der Waals surface area contributed by atoms with Crippen molar-refractivity contribution in [1.82, 2.24) is 0 Å². The van der Waals surface area contributed by atoms with Crippen LogP contribution in [0.25, 0.3) is 22.3 Å². The summed E-state index contributed by atoms with van der Waals surface area (Å²) >= 11 is 3.55. The third-order valence-corrected chi connectivity index (χ3v) is 4.13. The van der Waals surface area contributed by atoms with E-state index in [1.807, 2.05) is 36.4 Å². The maximum Gasteiger partial charge on any atom is 0.307 e. The molecule has 0 aromatic heterocycles. The SMILES string of the molecule is O=C(O)Cc1c2ccocc-2c(-c2ccccc2)c1Br. The molecule has 1 aromatic carbocycles. The van der Waals surface area contributed by atoms with Gasteiger partial charge in [-0.1, -0.05) is 30.3 Å². The van der Waals surface area contributed by atoms with Crippen molar-refractivity contribution in [3.05, 3.63) is 59.0 Å². The van der Waals surface area contributed by atoms with Gasteiger partial charge in [0, 0.05) is 15.6 Å². The molecular weight excluding hydrogens is 320 g/mol. The summed E-state index contributed by atoms with van der Waals surface area (Å²) in [6, 6.07) is 11.7. The molecule has 1 aliphatic carbocycles. The largest absolute Gasteiger partial charge is 0.481 e. The zero-order chi connectivity index (χ0) is 14.1. The van der Waals surface area contributed by atoms with Crippen molar-refractivity contribution >= 4 is 21.9 Å². The summed E-state index contributed by atoms with van der Waals surface area (Å²) in [5, 5.41) is 9.09. The molecule has 0 unspecified atom stereocenters. The molecule has 100 valence electrons. The van der Waals surface area contributed by atoms with Crippen LogP contribution in [0.15, 0.2) is 57.8 Å². The number of fused-ring (bicyclic) bond motifs is 1. The number of hydrogen-bond donors (Lipinski definition) is 1.